The third-order valence-corrected chi connectivity index (χ3v) is 5.27. The lowest BCUT2D eigenvalue weighted by Crippen LogP contribution is -2.47. The Labute approximate surface area is 107 Å². The minimum Gasteiger partial charge on any atom is -0.341 e. The van der Waals surface area contributed by atoms with Crippen molar-refractivity contribution in [2.24, 2.45) is 11.8 Å². The van der Waals surface area contributed by atoms with Crippen LogP contribution in [0, 0.1) is 11.8 Å². The number of fused-ring (bicyclic) bond motifs is 1. The molecule has 2 rings (SSSR count). The van der Waals surface area contributed by atoms with Crippen LogP contribution < -0.4 is 0 Å². The largest absolute Gasteiger partial charge is 0.341 e. The Bertz CT molecular complexity index is 256. The van der Waals surface area contributed by atoms with E-state index in [9.17, 15) is 4.79 Å². The number of nitrogens with zero attached hydrogens (tertiary/aromatic N) is 1. The first-order chi connectivity index (χ1) is 7.72. The molecule has 0 radical (unpaired) electrons. The van der Waals surface area contributed by atoms with Gasteiger partial charge in [-0.1, -0.05) is 42.1 Å². The van der Waals surface area contributed by atoms with Crippen LogP contribution in [0.1, 0.15) is 45.4 Å². The quantitative estimate of drug-likeness (QED) is 0.715. The number of amides is 1. The number of carbonyl (C=O) groups excluding carboxylic acids is 1. The standard InChI is InChI=1S/C13H22BrNO/c1-2-12(14)13(16)15-8-7-10-5-3-4-6-11(10)9-15/h10-12H,2-9H2,1H3. The molecule has 1 amide bonds. The highest BCUT2D eigenvalue weighted by Crippen LogP contribution is 2.36. The molecule has 1 saturated heterocycles. The summed E-state index contributed by atoms with van der Waals surface area (Å²) in [4.78, 5) is 14.2. The van der Waals surface area contributed by atoms with E-state index < -0.39 is 0 Å². The number of likely N-dealkylation sites (tertiary alicyclic amines) is 1. The number of alkyl halides is 1. The van der Waals surface area contributed by atoms with Crippen molar-refractivity contribution < 1.29 is 4.79 Å². The van der Waals surface area contributed by atoms with Crippen molar-refractivity contribution in [2.75, 3.05) is 13.1 Å². The van der Waals surface area contributed by atoms with Gasteiger partial charge < -0.3 is 4.90 Å². The molecule has 1 heterocycles. The van der Waals surface area contributed by atoms with E-state index in [-0.39, 0.29) is 4.83 Å². The highest BCUT2D eigenvalue weighted by Gasteiger charge is 2.33. The average molecular weight is 288 g/mol. The number of piperidine rings is 1. The van der Waals surface area contributed by atoms with Gasteiger partial charge in [-0.3, -0.25) is 4.79 Å². The minimum absolute atomic E-state index is 0.0349. The topological polar surface area (TPSA) is 20.3 Å². The number of hydrogen-bond acceptors (Lipinski definition) is 1. The van der Waals surface area contributed by atoms with Gasteiger partial charge in [-0.05, 0) is 31.1 Å². The van der Waals surface area contributed by atoms with E-state index in [0.29, 0.717) is 5.91 Å². The molecule has 3 heteroatoms. The molecule has 0 aromatic carbocycles. The van der Waals surface area contributed by atoms with Gasteiger partial charge in [0.15, 0.2) is 0 Å². The molecule has 0 N–H and O–H groups in total. The van der Waals surface area contributed by atoms with E-state index in [1.54, 1.807) is 0 Å². The Hall–Kier alpha value is -0.0500. The van der Waals surface area contributed by atoms with Crippen LogP contribution in [0.4, 0.5) is 0 Å². The van der Waals surface area contributed by atoms with Crippen LogP contribution in [-0.4, -0.2) is 28.7 Å². The first-order valence-corrected chi connectivity index (χ1v) is 7.56. The smallest absolute Gasteiger partial charge is 0.236 e. The number of halogens is 1. The van der Waals surface area contributed by atoms with E-state index in [4.69, 9.17) is 0 Å². The van der Waals surface area contributed by atoms with Crippen molar-refractivity contribution in [2.45, 2.75) is 50.3 Å². The zero-order valence-electron chi connectivity index (χ0n) is 10.1. The summed E-state index contributed by atoms with van der Waals surface area (Å²) in [6, 6.07) is 0. The van der Waals surface area contributed by atoms with E-state index in [0.717, 1.165) is 31.3 Å². The van der Waals surface area contributed by atoms with E-state index in [2.05, 4.69) is 27.8 Å². The normalized spacial score (nSPS) is 32.0. The fourth-order valence-corrected chi connectivity index (χ4v) is 3.46. The summed E-state index contributed by atoms with van der Waals surface area (Å²) in [6.07, 6.45) is 7.65. The molecule has 0 bridgehead atoms. The van der Waals surface area contributed by atoms with Gasteiger partial charge in [0.05, 0.1) is 4.83 Å². The summed E-state index contributed by atoms with van der Waals surface area (Å²) in [7, 11) is 0. The molecular weight excluding hydrogens is 266 g/mol. The third kappa shape index (κ3) is 2.61. The number of carbonyl (C=O) groups is 1. The summed E-state index contributed by atoms with van der Waals surface area (Å²) < 4.78 is 0. The number of hydrogen-bond donors (Lipinski definition) is 0. The minimum atomic E-state index is 0.0349. The van der Waals surface area contributed by atoms with Gasteiger partial charge in [0.25, 0.3) is 0 Å². The molecule has 2 aliphatic rings. The molecular formula is C13H22BrNO. The zero-order chi connectivity index (χ0) is 11.5. The molecule has 16 heavy (non-hydrogen) atoms. The summed E-state index contributed by atoms with van der Waals surface area (Å²) in [5, 5.41) is 0. The Balaban J connectivity index is 1.92. The molecule has 0 aromatic rings. The van der Waals surface area contributed by atoms with Crippen molar-refractivity contribution >= 4 is 21.8 Å². The highest BCUT2D eigenvalue weighted by atomic mass is 79.9. The fourth-order valence-electron chi connectivity index (χ4n) is 3.17. The molecule has 1 aliphatic heterocycles. The van der Waals surface area contributed by atoms with Gasteiger partial charge in [-0.15, -0.1) is 0 Å². The van der Waals surface area contributed by atoms with Gasteiger partial charge in [-0.2, -0.15) is 0 Å². The van der Waals surface area contributed by atoms with Crippen LogP contribution >= 0.6 is 15.9 Å². The zero-order valence-corrected chi connectivity index (χ0v) is 11.7. The third-order valence-electron chi connectivity index (χ3n) is 4.23. The Kier molecular flexibility index (Phi) is 4.28. The number of rotatable bonds is 2. The van der Waals surface area contributed by atoms with Gasteiger partial charge in [-0.25, -0.2) is 0 Å². The maximum absolute atomic E-state index is 12.1. The maximum atomic E-state index is 12.1. The molecule has 1 aliphatic carbocycles. The molecule has 3 unspecified atom stereocenters. The molecule has 1 saturated carbocycles. The van der Waals surface area contributed by atoms with E-state index in [1.807, 2.05) is 0 Å². The first kappa shape index (κ1) is 12.4. The molecule has 3 atom stereocenters. The Morgan fingerprint density at radius 2 is 2.00 bits per heavy atom. The lowest BCUT2D eigenvalue weighted by atomic mass is 9.75. The SMILES string of the molecule is CCC(Br)C(=O)N1CCC2CCCCC2C1. The fraction of sp³-hybridized carbons (Fsp3) is 0.923. The van der Waals surface area contributed by atoms with E-state index >= 15 is 0 Å². The van der Waals surface area contributed by atoms with Crippen LogP contribution in [0.3, 0.4) is 0 Å². The Morgan fingerprint density at radius 3 is 2.69 bits per heavy atom. The van der Waals surface area contributed by atoms with Crippen molar-refractivity contribution in [3.05, 3.63) is 0 Å². The average Bonchev–Trinajstić information content (AvgIpc) is 2.36. The lowest BCUT2D eigenvalue weighted by Gasteiger charge is -2.41. The van der Waals surface area contributed by atoms with Crippen LogP contribution in [0.5, 0.6) is 0 Å². The second kappa shape index (κ2) is 5.52. The summed E-state index contributed by atoms with van der Waals surface area (Å²) >= 11 is 3.47. The lowest BCUT2D eigenvalue weighted by molar-refractivity contribution is -0.133. The van der Waals surface area contributed by atoms with Gasteiger partial charge >= 0.3 is 0 Å². The van der Waals surface area contributed by atoms with Gasteiger partial charge in [0.2, 0.25) is 5.91 Å². The molecule has 0 aromatic heterocycles. The molecule has 2 nitrogen and oxygen atoms in total. The van der Waals surface area contributed by atoms with Crippen molar-refractivity contribution in [1.29, 1.82) is 0 Å². The first-order valence-electron chi connectivity index (χ1n) is 6.65. The predicted molar refractivity (Wildman–Crippen MR) is 69.7 cm³/mol. The second-order valence-electron chi connectivity index (χ2n) is 5.25. The van der Waals surface area contributed by atoms with Crippen LogP contribution in [-0.2, 0) is 4.79 Å². The van der Waals surface area contributed by atoms with Crippen LogP contribution in [0.15, 0.2) is 0 Å². The monoisotopic (exact) mass is 287 g/mol. The molecule has 2 fully saturated rings. The Morgan fingerprint density at radius 1 is 1.31 bits per heavy atom. The summed E-state index contributed by atoms with van der Waals surface area (Å²) in [5.41, 5.74) is 0. The maximum Gasteiger partial charge on any atom is 0.236 e. The van der Waals surface area contributed by atoms with Crippen LogP contribution in [0.25, 0.3) is 0 Å². The van der Waals surface area contributed by atoms with E-state index in [1.165, 1.54) is 32.1 Å². The van der Waals surface area contributed by atoms with Crippen molar-refractivity contribution in [3.63, 3.8) is 0 Å². The summed E-state index contributed by atoms with van der Waals surface area (Å²) in [5.74, 6) is 2.02. The van der Waals surface area contributed by atoms with Crippen molar-refractivity contribution in [1.82, 2.24) is 4.90 Å². The highest BCUT2D eigenvalue weighted by molar-refractivity contribution is 9.10. The van der Waals surface area contributed by atoms with Crippen LogP contribution in [0.2, 0.25) is 0 Å². The molecule has 92 valence electrons. The molecule has 0 spiro atoms. The summed E-state index contributed by atoms with van der Waals surface area (Å²) in [6.45, 7) is 4.07. The second-order valence-corrected chi connectivity index (χ2v) is 6.36. The van der Waals surface area contributed by atoms with Crippen molar-refractivity contribution in [3.8, 4) is 0 Å². The predicted octanol–water partition coefficient (Wildman–Crippen LogP) is 3.20. The van der Waals surface area contributed by atoms with Gasteiger partial charge in [0, 0.05) is 13.1 Å². The van der Waals surface area contributed by atoms with Gasteiger partial charge in [0.1, 0.15) is 0 Å².